The Morgan fingerprint density at radius 2 is 2.05 bits per heavy atom. The molecule has 19 heavy (non-hydrogen) atoms. The maximum Gasteiger partial charge on any atom is 0.255 e. The van der Waals surface area contributed by atoms with E-state index in [0.717, 1.165) is 14.8 Å². The van der Waals surface area contributed by atoms with Gasteiger partial charge in [-0.05, 0) is 65.4 Å². The number of carbonyl (C=O) groups excluding carboxylic acids is 1. The van der Waals surface area contributed by atoms with Gasteiger partial charge in [0.15, 0.2) is 0 Å². The van der Waals surface area contributed by atoms with Crippen LogP contribution < -0.4 is 5.32 Å². The fourth-order valence-electron chi connectivity index (χ4n) is 1.62. The van der Waals surface area contributed by atoms with Gasteiger partial charge in [-0.3, -0.25) is 4.79 Å². The summed E-state index contributed by atoms with van der Waals surface area (Å²) in [7, 11) is 0. The van der Waals surface area contributed by atoms with Crippen molar-refractivity contribution in [1.29, 1.82) is 0 Å². The highest BCUT2D eigenvalue weighted by atomic mass is 127. The molecule has 98 valence electrons. The molecule has 0 radical (unpaired) electrons. The predicted octanol–water partition coefficient (Wildman–Crippen LogP) is 4.75. The van der Waals surface area contributed by atoms with E-state index >= 15 is 0 Å². The number of benzene rings is 2. The van der Waals surface area contributed by atoms with Gasteiger partial charge in [0.25, 0.3) is 5.91 Å². The molecular formula is C14H10BrFINO. The van der Waals surface area contributed by atoms with Crippen LogP contribution in [0.3, 0.4) is 0 Å². The lowest BCUT2D eigenvalue weighted by Crippen LogP contribution is -2.13. The van der Waals surface area contributed by atoms with Crippen molar-refractivity contribution in [2.75, 3.05) is 5.32 Å². The summed E-state index contributed by atoms with van der Waals surface area (Å²) in [5.41, 5.74) is 2.01. The molecule has 0 unspecified atom stereocenters. The largest absolute Gasteiger partial charge is 0.322 e. The maximum absolute atomic E-state index is 13.3. The van der Waals surface area contributed by atoms with Crippen LogP contribution in [0.25, 0.3) is 0 Å². The Morgan fingerprint density at radius 1 is 1.32 bits per heavy atom. The number of amides is 1. The third kappa shape index (κ3) is 3.54. The Kier molecular flexibility index (Phi) is 4.57. The van der Waals surface area contributed by atoms with Crippen LogP contribution in [0.1, 0.15) is 15.9 Å². The maximum atomic E-state index is 13.3. The average Bonchev–Trinajstić information content (AvgIpc) is 2.33. The minimum atomic E-state index is -0.445. The normalized spacial score (nSPS) is 10.3. The third-order valence-electron chi connectivity index (χ3n) is 2.64. The van der Waals surface area contributed by atoms with Gasteiger partial charge in [0.1, 0.15) is 5.82 Å². The first-order valence-corrected chi connectivity index (χ1v) is 7.37. The van der Waals surface area contributed by atoms with Crippen molar-refractivity contribution in [1.82, 2.24) is 0 Å². The smallest absolute Gasteiger partial charge is 0.255 e. The van der Waals surface area contributed by atoms with Gasteiger partial charge < -0.3 is 5.32 Å². The zero-order valence-electron chi connectivity index (χ0n) is 10.0. The van der Waals surface area contributed by atoms with E-state index in [-0.39, 0.29) is 11.5 Å². The molecule has 0 heterocycles. The van der Waals surface area contributed by atoms with Gasteiger partial charge in [-0.25, -0.2) is 4.39 Å². The van der Waals surface area contributed by atoms with Gasteiger partial charge in [0.2, 0.25) is 0 Å². The fraction of sp³-hybridized carbons (Fsp3) is 0.0714. The summed E-state index contributed by atoms with van der Waals surface area (Å²) in [5.74, 6) is -0.774. The Labute approximate surface area is 132 Å². The molecule has 0 aliphatic carbocycles. The van der Waals surface area contributed by atoms with Crippen molar-refractivity contribution < 1.29 is 9.18 Å². The van der Waals surface area contributed by atoms with Gasteiger partial charge in [-0.1, -0.05) is 22.0 Å². The zero-order chi connectivity index (χ0) is 14.0. The van der Waals surface area contributed by atoms with Crippen LogP contribution in [-0.4, -0.2) is 5.91 Å². The van der Waals surface area contributed by atoms with E-state index < -0.39 is 5.82 Å². The first-order valence-electron chi connectivity index (χ1n) is 5.50. The van der Waals surface area contributed by atoms with Crippen LogP contribution in [0.4, 0.5) is 10.1 Å². The summed E-state index contributed by atoms with van der Waals surface area (Å²) < 4.78 is 14.9. The highest BCUT2D eigenvalue weighted by molar-refractivity contribution is 14.1. The van der Waals surface area contributed by atoms with E-state index in [0.29, 0.717) is 4.47 Å². The molecular weight excluding hydrogens is 424 g/mol. The summed E-state index contributed by atoms with van der Waals surface area (Å²) in [5, 5.41) is 2.79. The topological polar surface area (TPSA) is 29.1 Å². The molecule has 0 fully saturated rings. The molecule has 5 heteroatoms. The Bertz CT molecular complexity index is 625. The first kappa shape index (κ1) is 14.5. The summed E-state index contributed by atoms with van der Waals surface area (Å²) in [6.07, 6.45) is 0. The number of halogens is 3. The molecule has 0 saturated carbocycles. The molecule has 0 aliphatic heterocycles. The monoisotopic (exact) mass is 433 g/mol. The zero-order valence-corrected chi connectivity index (χ0v) is 13.7. The molecule has 0 atom stereocenters. The molecule has 0 saturated heterocycles. The molecule has 0 aromatic heterocycles. The van der Waals surface area contributed by atoms with E-state index in [9.17, 15) is 9.18 Å². The van der Waals surface area contributed by atoms with Crippen molar-refractivity contribution in [2.45, 2.75) is 6.92 Å². The minimum absolute atomic E-state index is 0.283. The number of anilines is 1. The van der Waals surface area contributed by atoms with Gasteiger partial charge in [0.05, 0.1) is 0 Å². The van der Waals surface area contributed by atoms with Crippen LogP contribution in [0, 0.1) is 16.3 Å². The van der Waals surface area contributed by atoms with Crippen LogP contribution in [-0.2, 0) is 0 Å². The van der Waals surface area contributed by atoms with E-state index in [1.807, 2.05) is 25.1 Å². The van der Waals surface area contributed by atoms with E-state index in [4.69, 9.17) is 0 Å². The van der Waals surface area contributed by atoms with Gasteiger partial charge in [-0.15, -0.1) is 0 Å². The summed E-state index contributed by atoms with van der Waals surface area (Å²) >= 11 is 5.37. The van der Waals surface area contributed by atoms with Crippen molar-refractivity contribution in [2.24, 2.45) is 0 Å². The van der Waals surface area contributed by atoms with Crippen molar-refractivity contribution in [3.8, 4) is 0 Å². The molecule has 2 rings (SSSR count). The van der Waals surface area contributed by atoms with Crippen LogP contribution in [0.5, 0.6) is 0 Å². The first-order chi connectivity index (χ1) is 8.97. The molecule has 1 N–H and O–H groups in total. The standard InChI is InChI=1S/C14H10BrFINO/c1-8-12(17)3-2-4-13(8)18-14(19)9-5-10(15)7-11(16)6-9/h2-7H,1H3,(H,18,19). The van der Waals surface area contributed by atoms with Crippen LogP contribution >= 0.6 is 38.5 Å². The summed E-state index contributed by atoms with van der Waals surface area (Å²) in [6, 6.07) is 9.76. The number of carbonyl (C=O) groups is 1. The van der Waals surface area contributed by atoms with Gasteiger partial charge in [0, 0.05) is 19.3 Å². The summed E-state index contributed by atoms with van der Waals surface area (Å²) in [4.78, 5) is 12.1. The summed E-state index contributed by atoms with van der Waals surface area (Å²) in [6.45, 7) is 1.93. The van der Waals surface area contributed by atoms with Crippen molar-refractivity contribution >= 4 is 50.1 Å². The van der Waals surface area contributed by atoms with Crippen LogP contribution in [0.15, 0.2) is 40.9 Å². The van der Waals surface area contributed by atoms with Crippen molar-refractivity contribution in [3.63, 3.8) is 0 Å². The fourth-order valence-corrected chi connectivity index (χ4v) is 2.59. The highest BCUT2D eigenvalue weighted by Gasteiger charge is 2.10. The lowest BCUT2D eigenvalue weighted by Gasteiger charge is -2.10. The SMILES string of the molecule is Cc1c(I)cccc1NC(=O)c1cc(F)cc(Br)c1. The molecule has 2 nitrogen and oxygen atoms in total. The third-order valence-corrected chi connectivity index (χ3v) is 4.27. The number of nitrogens with one attached hydrogen (secondary N) is 1. The number of hydrogen-bond donors (Lipinski definition) is 1. The molecule has 2 aromatic carbocycles. The Balaban J connectivity index is 2.28. The Hall–Kier alpha value is -0.950. The predicted molar refractivity (Wildman–Crippen MR) is 85.9 cm³/mol. The highest BCUT2D eigenvalue weighted by Crippen LogP contribution is 2.22. The molecule has 0 aliphatic rings. The average molecular weight is 434 g/mol. The van der Waals surface area contributed by atoms with E-state index in [1.54, 1.807) is 6.07 Å². The lowest BCUT2D eigenvalue weighted by atomic mass is 10.1. The molecule has 0 bridgehead atoms. The Morgan fingerprint density at radius 3 is 2.74 bits per heavy atom. The molecule has 1 amide bonds. The molecule has 0 spiro atoms. The van der Waals surface area contributed by atoms with Gasteiger partial charge >= 0.3 is 0 Å². The molecule has 2 aromatic rings. The quantitative estimate of drug-likeness (QED) is 0.680. The lowest BCUT2D eigenvalue weighted by molar-refractivity contribution is 0.102. The second kappa shape index (κ2) is 6.00. The second-order valence-corrected chi connectivity index (χ2v) is 6.10. The number of hydrogen-bond acceptors (Lipinski definition) is 1. The van der Waals surface area contributed by atoms with Crippen molar-refractivity contribution in [3.05, 3.63) is 61.4 Å². The minimum Gasteiger partial charge on any atom is -0.322 e. The van der Waals surface area contributed by atoms with Gasteiger partial charge in [-0.2, -0.15) is 0 Å². The van der Waals surface area contributed by atoms with E-state index in [1.165, 1.54) is 12.1 Å². The van der Waals surface area contributed by atoms with Crippen LogP contribution in [0.2, 0.25) is 0 Å². The van der Waals surface area contributed by atoms with E-state index in [2.05, 4.69) is 43.8 Å². The second-order valence-electron chi connectivity index (χ2n) is 4.02. The number of rotatable bonds is 2.